The normalized spacial score (nSPS) is 15.7. The first-order valence-corrected chi connectivity index (χ1v) is 33.0. The van der Waals surface area contributed by atoms with Gasteiger partial charge in [-0.25, -0.2) is 0 Å². The summed E-state index contributed by atoms with van der Waals surface area (Å²) >= 11 is 0. The Morgan fingerprint density at radius 1 is 0.362 bits per heavy atom. The van der Waals surface area contributed by atoms with Crippen LogP contribution in [0.1, 0.15) is 105 Å². The molecular weight excluding hydrogens is 1150 g/mol. The Kier molecular flexibility index (Phi) is 12.0. The summed E-state index contributed by atoms with van der Waals surface area (Å²) in [4.78, 5) is 4.86. The first-order chi connectivity index (χ1) is 45.5. The summed E-state index contributed by atoms with van der Waals surface area (Å²) in [6.07, 6.45) is 0. The van der Waals surface area contributed by atoms with E-state index >= 15 is 0 Å². The van der Waals surface area contributed by atoms with Crippen LogP contribution in [-0.4, -0.2) is 0 Å². The fraction of sp³-hybridized carbons (Fsp3) is 0.159. The molecule has 0 fully saturated rings. The van der Waals surface area contributed by atoms with Crippen molar-refractivity contribution in [2.24, 2.45) is 5.92 Å². The van der Waals surface area contributed by atoms with Gasteiger partial charge in [0.15, 0.2) is 16.7 Å². The van der Waals surface area contributed by atoms with Crippen molar-refractivity contribution in [1.82, 2.24) is 0 Å². The molecule has 0 spiro atoms. The van der Waals surface area contributed by atoms with Gasteiger partial charge in [0.1, 0.15) is 27.9 Å². The van der Waals surface area contributed by atoms with E-state index in [1.165, 1.54) is 33.4 Å². The maximum absolute atomic E-state index is 7.78. The number of hydrogen-bond donors (Lipinski definition) is 0. The molecule has 0 radical (unpaired) electrons. The number of allylic oxidation sites excluding steroid dienone is 2. The van der Waals surface area contributed by atoms with E-state index in [0.29, 0.717) is 5.92 Å². The number of anilines is 6. The van der Waals surface area contributed by atoms with E-state index in [1.54, 1.807) is 0 Å². The Labute approximate surface area is 546 Å². The molecule has 6 heteroatoms. The number of furan rings is 4. The van der Waals surface area contributed by atoms with Crippen LogP contribution in [0.3, 0.4) is 0 Å². The molecule has 2 aliphatic rings. The quantitative estimate of drug-likeness (QED) is 0.144. The highest BCUT2D eigenvalue weighted by Gasteiger charge is 2.52. The van der Waals surface area contributed by atoms with Crippen LogP contribution in [0.25, 0.3) is 104 Å². The molecule has 0 N–H and O–H groups in total. The Morgan fingerprint density at radius 3 is 1.32 bits per heavy atom. The Hall–Kier alpha value is -10.8. The largest absolute Gasteiger partial charge is 0.455 e. The standard InChI is InChI=1S/C88H70N2O4/c1-50-33-34-51(2)66(47-50)88(57-37-35-54(36-38-57)77-52(3)53(77)4)67-49-72(90(59-45-41-56(42-46-59)87(8,9)10)70-28-20-26-63-61-22-12-16-30-74(61)92-83(63)70)84-79(65-24-14-18-32-76(65)93-84)80(67)81-68(88)48-71(78-64-23-13-17-31-75(64)94-85(78)81)89(58-43-39-55(40-44-58)86(5,6)7)69-27-19-25-62-60-21-11-15-29-73(60)91-82(62)69/h11-49,52H,1-10H3. The fourth-order valence-electron chi connectivity index (χ4n) is 16.0. The third-order valence-electron chi connectivity index (χ3n) is 20.9. The van der Waals surface area contributed by atoms with Gasteiger partial charge in [0, 0.05) is 66.1 Å². The van der Waals surface area contributed by atoms with Crippen LogP contribution < -0.4 is 9.80 Å². The summed E-state index contributed by atoms with van der Waals surface area (Å²) in [6.45, 7) is 22.8. The van der Waals surface area contributed by atoms with Crippen LogP contribution in [0, 0.1) is 19.8 Å². The van der Waals surface area contributed by atoms with Gasteiger partial charge in [-0.3, -0.25) is 0 Å². The summed E-state index contributed by atoms with van der Waals surface area (Å²) in [7, 11) is 0. The Bertz CT molecular complexity index is 5870. The lowest BCUT2D eigenvalue weighted by atomic mass is 9.65. The molecule has 4 heterocycles. The van der Waals surface area contributed by atoms with Crippen molar-refractivity contribution < 1.29 is 17.7 Å². The molecule has 6 nitrogen and oxygen atoms in total. The van der Waals surface area contributed by atoms with Crippen molar-refractivity contribution in [2.45, 2.75) is 85.5 Å². The Balaban J connectivity index is 1.05. The van der Waals surface area contributed by atoms with E-state index < -0.39 is 5.41 Å². The minimum atomic E-state index is -1.03. The lowest BCUT2D eigenvalue weighted by Gasteiger charge is -2.37. The maximum Gasteiger partial charge on any atom is 0.160 e. The number of rotatable bonds is 9. The summed E-state index contributed by atoms with van der Waals surface area (Å²) in [5, 5.41) is 8.23. The van der Waals surface area contributed by atoms with Gasteiger partial charge in [-0.05, 0) is 154 Å². The van der Waals surface area contributed by atoms with Crippen molar-refractivity contribution >= 4 is 127 Å². The number of para-hydroxylation sites is 6. The molecule has 0 saturated carbocycles. The van der Waals surface area contributed by atoms with Crippen LogP contribution in [0.15, 0.2) is 260 Å². The van der Waals surface area contributed by atoms with Gasteiger partial charge in [-0.15, -0.1) is 0 Å². The third-order valence-corrected chi connectivity index (χ3v) is 20.9. The number of nitrogens with zero attached hydrogens (tertiary/aromatic N) is 2. The average molecular weight is 1220 g/mol. The maximum atomic E-state index is 7.78. The van der Waals surface area contributed by atoms with E-state index in [9.17, 15) is 0 Å². The second kappa shape index (κ2) is 20.1. The van der Waals surface area contributed by atoms with E-state index in [4.69, 9.17) is 17.7 Å². The molecule has 12 aromatic carbocycles. The zero-order valence-corrected chi connectivity index (χ0v) is 54.6. The lowest BCUT2D eigenvalue weighted by molar-refractivity contribution is 0.590. The van der Waals surface area contributed by atoms with Gasteiger partial charge in [0.2, 0.25) is 0 Å². The first-order valence-electron chi connectivity index (χ1n) is 33.0. The predicted molar refractivity (Wildman–Crippen MR) is 391 cm³/mol. The number of fused-ring (bicyclic) bond motifs is 17. The van der Waals surface area contributed by atoms with Gasteiger partial charge in [0.05, 0.1) is 33.6 Å². The zero-order valence-electron chi connectivity index (χ0n) is 54.6. The molecular formula is C88H70N2O4. The molecule has 4 aromatic heterocycles. The van der Waals surface area contributed by atoms with Crippen molar-refractivity contribution in [3.8, 4) is 11.1 Å². The van der Waals surface area contributed by atoms with Crippen LogP contribution in [-0.2, 0) is 16.2 Å². The number of benzene rings is 12. The molecule has 456 valence electrons. The van der Waals surface area contributed by atoms with Gasteiger partial charge in [-0.2, -0.15) is 0 Å². The smallest absolute Gasteiger partial charge is 0.160 e. The second-order valence-electron chi connectivity index (χ2n) is 28.5. The number of aryl methyl sites for hydroxylation is 2. The summed E-state index contributed by atoms with van der Waals surface area (Å²) in [5.41, 5.74) is 26.3. The van der Waals surface area contributed by atoms with Crippen molar-refractivity contribution in [3.63, 3.8) is 0 Å². The van der Waals surface area contributed by atoms with Crippen LogP contribution in [0.2, 0.25) is 0 Å². The van der Waals surface area contributed by atoms with E-state index in [2.05, 4.69) is 316 Å². The first kappa shape index (κ1) is 56.0. The monoisotopic (exact) mass is 1220 g/mol. The fourth-order valence-corrected chi connectivity index (χ4v) is 16.0. The molecule has 0 saturated heterocycles. The molecule has 0 aliphatic heterocycles. The SMILES string of the molecule is CC1=C(c2ccc(C3(c4cc(C)ccc4C)c4cc(N(c5ccc(C(C)(C)C)cc5)c5cccc6c5oc5ccccc56)c5c(oc6ccccc65)c4-c4c3cc(N(c3ccc(C(C)(C)C)cc3)c3cccc5c3oc3ccccc35)c3oc5ccccc5c43)cc2)C1C. The topological polar surface area (TPSA) is 59.0 Å². The predicted octanol–water partition coefficient (Wildman–Crippen LogP) is 25.2. The van der Waals surface area contributed by atoms with Gasteiger partial charge < -0.3 is 27.5 Å². The van der Waals surface area contributed by atoms with Crippen molar-refractivity contribution in [2.75, 3.05) is 9.80 Å². The van der Waals surface area contributed by atoms with E-state index in [1.807, 2.05) is 0 Å². The van der Waals surface area contributed by atoms with Gasteiger partial charge >= 0.3 is 0 Å². The number of hydrogen-bond acceptors (Lipinski definition) is 6. The molecule has 94 heavy (non-hydrogen) atoms. The van der Waals surface area contributed by atoms with Gasteiger partial charge in [0.25, 0.3) is 0 Å². The van der Waals surface area contributed by atoms with Crippen molar-refractivity contribution in [1.29, 1.82) is 0 Å². The molecule has 0 amide bonds. The minimum Gasteiger partial charge on any atom is -0.455 e. The van der Waals surface area contributed by atoms with Gasteiger partial charge in [-0.1, -0.05) is 223 Å². The van der Waals surface area contributed by atoms with E-state index in [-0.39, 0.29) is 10.8 Å². The van der Waals surface area contributed by atoms with Crippen LogP contribution in [0.4, 0.5) is 34.1 Å². The van der Waals surface area contributed by atoms with Crippen molar-refractivity contribution in [3.05, 3.63) is 292 Å². The molecule has 2 atom stereocenters. The Morgan fingerprint density at radius 2 is 0.798 bits per heavy atom. The molecule has 16 aromatic rings. The summed E-state index contributed by atoms with van der Waals surface area (Å²) in [6, 6.07) is 87.1. The highest BCUT2D eigenvalue weighted by atomic mass is 16.3. The highest BCUT2D eigenvalue weighted by Crippen LogP contribution is 2.66. The average Bonchev–Trinajstić information content (AvgIpc) is 1.49. The zero-order chi connectivity index (χ0) is 63.8. The lowest BCUT2D eigenvalue weighted by Crippen LogP contribution is -2.30. The van der Waals surface area contributed by atoms with E-state index in [0.717, 1.165) is 161 Å². The summed E-state index contributed by atoms with van der Waals surface area (Å²) in [5.74, 6) is 0.431. The highest BCUT2D eigenvalue weighted by molar-refractivity contribution is 6.27. The molecule has 0 bridgehead atoms. The second-order valence-corrected chi connectivity index (χ2v) is 28.5. The molecule has 2 unspecified atom stereocenters. The third kappa shape index (κ3) is 8.08. The molecule has 18 rings (SSSR count). The van der Waals surface area contributed by atoms with Crippen LogP contribution in [0.5, 0.6) is 0 Å². The minimum absolute atomic E-state index is 0.0887. The summed E-state index contributed by atoms with van der Waals surface area (Å²) < 4.78 is 29.6. The molecule has 2 aliphatic carbocycles. The van der Waals surface area contributed by atoms with Crippen LogP contribution >= 0.6 is 0 Å².